The lowest BCUT2D eigenvalue weighted by Gasteiger charge is -2.16. The third kappa shape index (κ3) is 6.44. The lowest BCUT2D eigenvalue weighted by atomic mass is 10.2. The Morgan fingerprint density at radius 3 is 2.62 bits per heavy atom. The molecule has 10 heteroatoms. The third-order valence-electron chi connectivity index (χ3n) is 3.77. The summed E-state index contributed by atoms with van der Waals surface area (Å²) in [4.78, 5) is 7.86. The van der Waals surface area contributed by atoms with E-state index in [4.69, 9.17) is 9.47 Å². The second-order valence-electron chi connectivity index (χ2n) is 5.75. The minimum absolute atomic E-state index is 0.207. The fraction of sp³-hybridized carbons (Fsp3) is 0.368. The SMILES string of the molecule is CCOc1cc(NC(=NC)NCCNc2ncccc2C(F)(F)F)ccc1OC. The molecule has 1 aromatic carbocycles. The summed E-state index contributed by atoms with van der Waals surface area (Å²) in [6.45, 7) is 2.90. The molecule has 2 aromatic rings. The maximum atomic E-state index is 13.0. The lowest BCUT2D eigenvalue weighted by Crippen LogP contribution is -2.34. The molecule has 1 heterocycles. The van der Waals surface area contributed by atoms with Crippen molar-refractivity contribution in [3.8, 4) is 11.5 Å². The number of pyridine rings is 1. The number of anilines is 2. The molecule has 1 aromatic heterocycles. The lowest BCUT2D eigenvalue weighted by molar-refractivity contribution is -0.137. The number of aromatic nitrogens is 1. The molecule has 0 fully saturated rings. The van der Waals surface area contributed by atoms with E-state index in [1.165, 1.54) is 12.3 Å². The van der Waals surface area contributed by atoms with E-state index in [2.05, 4.69) is 25.9 Å². The van der Waals surface area contributed by atoms with Gasteiger partial charge in [-0.3, -0.25) is 4.99 Å². The van der Waals surface area contributed by atoms with Gasteiger partial charge < -0.3 is 25.4 Å². The molecule has 0 aliphatic heterocycles. The fourth-order valence-electron chi connectivity index (χ4n) is 2.48. The summed E-state index contributed by atoms with van der Waals surface area (Å²) in [6.07, 6.45) is -3.15. The van der Waals surface area contributed by atoms with Crippen LogP contribution in [0, 0.1) is 0 Å². The van der Waals surface area contributed by atoms with Crippen molar-refractivity contribution in [1.82, 2.24) is 10.3 Å². The molecular weight excluding hydrogens is 387 g/mol. The van der Waals surface area contributed by atoms with Crippen molar-refractivity contribution in [2.24, 2.45) is 4.99 Å². The number of nitrogens with zero attached hydrogens (tertiary/aromatic N) is 2. The minimum atomic E-state index is -4.46. The summed E-state index contributed by atoms with van der Waals surface area (Å²) in [5.41, 5.74) is -0.0800. The van der Waals surface area contributed by atoms with Gasteiger partial charge in [0.25, 0.3) is 0 Å². The highest BCUT2D eigenvalue weighted by Crippen LogP contribution is 2.33. The zero-order valence-electron chi connectivity index (χ0n) is 16.4. The number of benzene rings is 1. The monoisotopic (exact) mass is 411 g/mol. The average Bonchev–Trinajstić information content (AvgIpc) is 2.70. The minimum Gasteiger partial charge on any atom is -0.493 e. The molecular formula is C19H24F3N5O2. The van der Waals surface area contributed by atoms with Gasteiger partial charge in [0.15, 0.2) is 17.5 Å². The first kappa shape index (κ1) is 22.1. The van der Waals surface area contributed by atoms with Gasteiger partial charge in [-0.25, -0.2) is 4.98 Å². The summed E-state index contributed by atoms with van der Waals surface area (Å²) >= 11 is 0. The van der Waals surface area contributed by atoms with Crippen LogP contribution in [0.5, 0.6) is 11.5 Å². The number of hydrogen-bond donors (Lipinski definition) is 3. The summed E-state index contributed by atoms with van der Waals surface area (Å²) in [5.74, 6) is 1.45. The van der Waals surface area contributed by atoms with Crippen LogP contribution < -0.4 is 25.4 Å². The second kappa shape index (κ2) is 10.4. The molecule has 0 amide bonds. The molecule has 0 saturated heterocycles. The summed E-state index contributed by atoms with van der Waals surface area (Å²) in [7, 11) is 3.15. The average molecular weight is 411 g/mol. The number of rotatable bonds is 8. The van der Waals surface area contributed by atoms with Crippen molar-refractivity contribution < 1.29 is 22.6 Å². The van der Waals surface area contributed by atoms with E-state index >= 15 is 0 Å². The molecule has 0 aliphatic carbocycles. The number of halogens is 3. The molecule has 0 unspecified atom stereocenters. The topological polar surface area (TPSA) is 79.8 Å². The molecule has 0 spiro atoms. The van der Waals surface area contributed by atoms with Crippen molar-refractivity contribution in [1.29, 1.82) is 0 Å². The van der Waals surface area contributed by atoms with E-state index in [0.717, 1.165) is 11.8 Å². The van der Waals surface area contributed by atoms with Gasteiger partial charge >= 0.3 is 6.18 Å². The smallest absolute Gasteiger partial charge is 0.419 e. The highest BCUT2D eigenvalue weighted by molar-refractivity contribution is 5.93. The van der Waals surface area contributed by atoms with Gasteiger partial charge in [0.05, 0.1) is 19.3 Å². The Hall–Kier alpha value is -3.17. The maximum Gasteiger partial charge on any atom is 0.419 e. The highest BCUT2D eigenvalue weighted by atomic mass is 19.4. The third-order valence-corrected chi connectivity index (χ3v) is 3.77. The summed E-state index contributed by atoms with van der Waals surface area (Å²) < 4.78 is 49.7. The van der Waals surface area contributed by atoms with Crippen LogP contribution in [0.3, 0.4) is 0 Å². The van der Waals surface area contributed by atoms with Crippen molar-refractivity contribution in [3.05, 3.63) is 42.1 Å². The Morgan fingerprint density at radius 1 is 1.17 bits per heavy atom. The largest absolute Gasteiger partial charge is 0.493 e. The Bertz CT molecular complexity index is 828. The Morgan fingerprint density at radius 2 is 1.97 bits per heavy atom. The molecule has 0 bridgehead atoms. The predicted octanol–water partition coefficient (Wildman–Crippen LogP) is 3.61. The predicted molar refractivity (Wildman–Crippen MR) is 107 cm³/mol. The van der Waals surface area contributed by atoms with E-state index in [9.17, 15) is 13.2 Å². The van der Waals surface area contributed by atoms with Crippen LogP contribution in [0.4, 0.5) is 24.7 Å². The van der Waals surface area contributed by atoms with Crippen LogP contribution in [0.15, 0.2) is 41.5 Å². The van der Waals surface area contributed by atoms with Gasteiger partial charge in [-0.15, -0.1) is 0 Å². The van der Waals surface area contributed by atoms with Crippen LogP contribution in [0.2, 0.25) is 0 Å². The molecule has 0 radical (unpaired) electrons. The van der Waals surface area contributed by atoms with Gasteiger partial charge in [0, 0.05) is 38.1 Å². The van der Waals surface area contributed by atoms with Gasteiger partial charge in [-0.1, -0.05) is 0 Å². The number of nitrogens with one attached hydrogen (secondary N) is 3. The Labute approximate surface area is 167 Å². The first-order valence-electron chi connectivity index (χ1n) is 8.93. The zero-order valence-corrected chi connectivity index (χ0v) is 16.4. The molecule has 158 valence electrons. The number of alkyl halides is 3. The molecule has 2 rings (SSSR count). The van der Waals surface area contributed by atoms with E-state index in [1.54, 1.807) is 32.4 Å². The van der Waals surface area contributed by atoms with Gasteiger partial charge in [-0.05, 0) is 31.2 Å². The van der Waals surface area contributed by atoms with Crippen LogP contribution >= 0.6 is 0 Å². The van der Waals surface area contributed by atoms with Gasteiger partial charge in [0.2, 0.25) is 0 Å². The first-order valence-corrected chi connectivity index (χ1v) is 8.93. The summed E-state index contributed by atoms with van der Waals surface area (Å²) in [5, 5.41) is 8.81. The molecule has 29 heavy (non-hydrogen) atoms. The van der Waals surface area contributed by atoms with E-state index < -0.39 is 11.7 Å². The van der Waals surface area contributed by atoms with Gasteiger partial charge in [0.1, 0.15) is 5.82 Å². The molecule has 0 atom stereocenters. The standard InChI is InChI=1S/C19H24F3N5O2/c1-4-29-16-12-13(7-8-15(16)28-3)27-18(23-2)26-11-10-25-17-14(19(20,21)22)6-5-9-24-17/h5-9,12H,4,10-11H2,1-3H3,(H,24,25)(H2,23,26,27). The number of ether oxygens (including phenoxy) is 2. The van der Waals surface area contributed by atoms with Crippen molar-refractivity contribution in [2.45, 2.75) is 13.1 Å². The molecule has 3 N–H and O–H groups in total. The first-order chi connectivity index (χ1) is 13.9. The van der Waals surface area contributed by atoms with Crippen LogP contribution in [0.25, 0.3) is 0 Å². The molecule has 0 aliphatic rings. The van der Waals surface area contributed by atoms with Crippen LogP contribution in [-0.2, 0) is 6.18 Å². The quantitative estimate of drug-likeness (QED) is 0.350. The summed E-state index contributed by atoms with van der Waals surface area (Å²) in [6, 6.07) is 7.58. The molecule has 7 nitrogen and oxygen atoms in total. The van der Waals surface area contributed by atoms with Crippen molar-refractivity contribution in [3.63, 3.8) is 0 Å². The van der Waals surface area contributed by atoms with Crippen molar-refractivity contribution in [2.75, 3.05) is 44.5 Å². The van der Waals surface area contributed by atoms with Crippen LogP contribution in [0.1, 0.15) is 12.5 Å². The number of guanidine groups is 1. The highest BCUT2D eigenvalue weighted by Gasteiger charge is 2.33. The second-order valence-corrected chi connectivity index (χ2v) is 5.75. The number of hydrogen-bond acceptors (Lipinski definition) is 5. The zero-order chi connectivity index (χ0) is 21.3. The Kier molecular flexibility index (Phi) is 7.93. The Balaban J connectivity index is 1.92. The van der Waals surface area contributed by atoms with E-state index in [0.29, 0.717) is 30.6 Å². The van der Waals surface area contributed by atoms with Crippen molar-refractivity contribution >= 4 is 17.5 Å². The number of aliphatic imine (C=N–C) groups is 1. The van der Waals surface area contributed by atoms with E-state index in [1.807, 2.05) is 6.92 Å². The molecule has 0 saturated carbocycles. The normalized spacial score (nSPS) is 11.7. The maximum absolute atomic E-state index is 13.0. The van der Waals surface area contributed by atoms with Gasteiger partial charge in [-0.2, -0.15) is 13.2 Å². The van der Waals surface area contributed by atoms with Crippen LogP contribution in [-0.4, -0.2) is 44.8 Å². The van der Waals surface area contributed by atoms with E-state index in [-0.39, 0.29) is 12.4 Å². The number of methoxy groups -OCH3 is 1. The fourth-order valence-corrected chi connectivity index (χ4v) is 2.48.